The molecule has 1 aromatic carbocycles. The molecule has 9 heteroatoms. The van der Waals surface area contributed by atoms with E-state index in [-0.39, 0.29) is 18.7 Å². The van der Waals surface area contributed by atoms with Gasteiger partial charge < -0.3 is 14.7 Å². The minimum absolute atomic E-state index is 0.0226. The molecule has 124 valence electrons. The van der Waals surface area contributed by atoms with Gasteiger partial charge in [0.1, 0.15) is 11.4 Å². The molecule has 2 atom stereocenters. The normalized spacial score (nSPS) is 21.1. The van der Waals surface area contributed by atoms with Crippen molar-refractivity contribution >= 4 is 17.6 Å². The Morgan fingerprint density at radius 1 is 1.43 bits per heavy atom. The summed E-state index contributed by atoms with van der Waals surface area (Å²) in [5, 5.41) is 20.2. The van der Waals surface area contributed by atoms with E-state index in [0.717, 1.165) is 17.0 Å². The predicted octanol–water partition coefficient (Wildman–Crippen LogP) is 1.36. The number of benzene rings is 1. The predicted molar refractivity (Wildman–Crippen MR) is 75.7 cm³/mol. The van der Waals surface area contributed by atoms with E-state index < -0.39 is 46.1 Å². The minimum Gasteiger partial charge on any atom is -0.479 e. The van der Waals surface area contributed by atoms with Crippen molar-refractivity contribution in [2.24, 2.45) is 0 Å². The topological polar surface area (TPSA) is 110 Å². The molecule has 8 nitrogen and oxygen atoms in total. The number of hydrogen-bond donors (Lipinski definition) is 1. The number of halogens is 1. The number of rotatable bonds is 3. The fourth-order valence-corrected chi connectivity index (χ4v) is 2.56. The van der Waals surface area contributed by atoms with Crippen LogP contribution in [0.1, 0.15) is 22.8 Å². The van der Waals surface area contributed by atoms with Crippen molar-refractivity contribution in [3.8, 4) is 0 Å². The maximum absolute atomic E-state index is 13.6. The number of hydrogen-bond acceptors (Lipinski definition) is 5. The summed E-state index contributed by atoms with van der Waals surface area (Å²) in [6, 6.07) is 1.76. The van der Waals surface area contributed by atoms with Crippen LogP contribution >= 0.6 is 0 Å². The van der Waals surface area contributed by atoms with Crippen LogP contribution in [0.4, 0.5) is 10.1 Å². The number of carboxylic acids is 1. The first-order valence-corrected chi connectivity index (χ1v) is 6.82. The largest absolute Gasteiger partial charge is 0.479 e. The maximum atomic E-state index is 13.6. The van der Waals surface area contributed by atoms with Crippen molar-refractivity contribution in [1.29, 1.82) is 0 Å². The van der Waals surface area contributed by atoms with Crippen LogP contribution in [0, 0.1) is 22.9 Å². The number of carbonyl (C=O) groups excluding carboxylic acids is 1. The van der Waals surface area contributed by atoms with Gasteiger partial charge in [-0.1, -0.05) is 0 Å². The summed E-state index contributed by atoms with van der Waals surface area (Å²) < 4.78 is 18.8. The second-order valence-corrected chi connectivity index (χ2v) is 5.36. The molecule has 0 aromatic heterocycles. The van der Waals surface area contributed by atoms with Gasteiger partial charge >= 0.3 is 5.97 Å². The Kier molecular flexibility index (Phi) is 4.60. The van der Waals surface area contributed by atoms with Gasteiger partial charge in [0, 0.05) is 12.1 Å². The molecule has 1 saturated heterocycles. The van der Waals surface area contributed by atoms with Crippen LogP contribution in [-0.2, 0) is 9.53 Å². The third-order valence-electron chi connectivity index (χ3n) is 3.50. The Labute approximate surface area is 130 Å². The Morgan fingerprint density at radius 3 is 2.65 bits per heavy atom. The summed E-state index contributed by atoms with van der Waals surface area (Å²) in [7, 11) is 0. The monoisotopic (exact) mass is 326 g/mol. The molecule has 1 unspecified atom stereocenters. The highest BCUT2D eigenvalue weighted by Crippen LogP contribution is 2.27. The fraction of sp³-hybridized carbons (Fsp3) is 0.429. The number of aliphatic carboxylic acids is 1. The summed E-state index contributed by atoms with van der Waals surface area (Å²) in [5.41, 5.74) is -0.859. The van der Waals surface area contributed by atoms with E-state index in [0.29, 0.717) is 0 Å². The maximum Gasteiger partial charge on any atom is 0.334 e. The standard InChI is InChI=1S/C14H15FN2O6/c1-7-3-9(15)4-10(12(7)17(21)22)13(18)16-5-8(2)23-11(6-16)14(19)20/h3-4,8,11H,5-6H2,1-2H3,(H,19,20)/t8-,11?/m1/s1. The van der Waals surface area contributed by atoms with Gasteiger partial charge in [0.2, 0.25) is 0 Å². The highest BCUT2D eigenvalue weighted by molar-refractivity contribution is 5.99. The van der Waals surface area contributed by atoms with Crippen molar-refractivity contribution in [3.05, 3.63) is 39.2 Å². The summed E-state index contributed by atoms with van der Waals surface area (Å²) in [6.45, 7) is 2.72. The lowest BCUT2D eigenvalue weighted by Crippen LogP contribution is -2.51. The Bertz CT molecular complexity index is 677. The van der Waals surface area contributed by atoms with Crippen LogP contribution < -0.4 is 0 Å². The van der Waals surface area contributed by atoms with E-state index >= 15 is 0 Å². The molecule has 1 aliphatic heterocycles. The number of carbonyl (C=O) groups is 2. The lowest BCUT2D eigenvalue weighted by atomic mass is 10.1. The third-order valence-corrected chi connectivity index (χ3v) is 3.50. The van der Waals surface area contributed by atoms with Gasteiger partial charge in [-0.15, -0.1) is 0 Å². The molecule has 1 amide bonds. The van der Waals surface area contributed by atoms with Crippen molar-refractivity contribution in [2.45, 2.75) is 26.1 Å². The Hall–Kier alpha value is -2.55. The molecule has 2 rings (SSSR count). The number of nitro benzene ring substituents is 1. The molecule has 0 radical (unpaired) electrons. The van der Waals surface area contributed by atoms with E-state index in [1.807, 2.05) is 0 Å². The number of nitrogens with zero attached hydrogens (tertiary/aromatic N) is 2. The molecule has 0 bridgehead atoms. The summed E-state index contributed by atoms with van der Waals surface area (Å²) in [6.07, 6.45) is -1.78. The van der Waals surface area contributed by atoms with Crippen molar-refractivity contribution in [1.82, 2.24) is 4.90 Å². The zero-order chi connectivity index (χ0) is 17.3. The van der Waals surface area contributed by atoms with Gasteiger partial charge in [0.25, 0.3) is 11.6 Å². The first-order valence-electron chi connectivity index (χ1n) is 6.82. The van der Waals surface area contributed by atoms with Crippen LogP contribution in [-0.4, -0.2) is 52.1 Å². The molecular weight excluding hydrogens is 311 g/mol. The molecule has 0 saturated carbocycles. The number of amides is 1. The lowest BCUT2D eigenvalue weighted by Gasteiger charge is -2.34. The molecule has 1 fully saturated rings. The van der Waals surface area contributed by atoms with Gasteiger partial charge in [0.15, 0.2) is 6.10 Å². The van der Waals surface area contributed by atoms with Gasteiger partial charge in [-0.2, -0.15) is 0 Å². The van der Waals surface area contributed by atoms with Crippen LogP contribution in [0.3, 0.4) is 0 Å². The van der Waals surface area contributed by atoms with E-state index in [2.05, 4.69) is 0 Å². The van der Waals surface area contributed by atoms with Crippen molar-refractivity contribution < 1.29 is 28.7 Å². The number of aryl methyl sites for hydroxylation is 1. The second-order valence-electron chi connectivity index (χ2n) is 5.36. The molecule has 23 heavy (non-hydrogen) atoms. The summed E-state index contributed by atoms with van der Waals surface area (Å²) >= 11 is 0. The van der Waals surface area contributed by atoms with E-state index in [4.69, 9.17) is 9.84 Å². The highest BCUT2D eigenvalue weighted by Gasteiger charge is 2.35. The molecule has 1 aromatic rings. The van der Waals surface area contributed by atoms with Gasteiger partial charge in [-0.05, 0) is 26.0 Å². The Balaban J connectivity index is 2.40. The quantitative estimate of drug-likeness (QED) is 0.663. The fourth-order valence-electron chi connectivity index (χ4n) is 2.56. The number of carboxylic acid groups (broad SMARTS) is 1. The van der Waals surface area contributed by atoms with Gasteiger partial charge in [-0.3, -0.25) is 14.9 Å². The molecule has 1 N–H and O–H groups in total. The lowest BCUT2D eigenvalue weighted by molar-refractivity contribution is -0.385. The molecule has 0 aliphatic carbocycles. The molecule has 1 aliphatic rings. The van der Waals surface area contributed by atoms with Crippen molar-refractivity contribution in [3.63, 3.8) is 0 Å². The summed E-state index contributed by atoms with van der Waals surface area (Å²) in [4.78, 5) is 35.2. The van der Waals surface area contributed by atoms with Gasteiger partial charge in [0.05, 0.1) is 17.6 Å². The first-order chi connectivity index (χ1) is 10.7. The molecule has 0 spiro atoms. The minimum atomic E-state index is -1.24. The zero-order valence-corrected chi connectivity index (χ0v) is 12.5. The van der Waals surface area contributed by atoms with Crippen LogP contribution in [0.5, 0.6) is 0 Å². The Morgan fingerprint density at radius 2 is 2.09 bits per heavy atom. The van der Waals surface area contributed by atoms with E-state index in [1.165, 1.54) is 6.92 Å². The zero-order valence-electron chi connectivity index (χ0n) is 12.5. The number of morpholine rings is 1. The summed E-state index contributed by atoms with van der Waals surface area (Å²) in [5.74, 6) is -2.80. The van der Waals surface area contributed by atoms with Gasteiger partial charge in [-0.25, -0.2) is 9.18 Å². The average molecular weight is 326 g/mol. The van der Waals surface area contributed by atoms with Crippen LogP contribution in [0.2, 0.25) is 0 Å². The van der Waals surface area contributed by atoms with E-state index in [9.17, 15) is 24.1 Å². The highest BCUT2D eigenvalue weighted by atomic mass is 19.1. The van der Waals surface area contributed by atoms with Crippen LogP contribution in [0.25, 0.3) is 0 Å². The molecular formula is C14H15FN2O6. The van der Waals surface area contributed by atoms with E-state index in [1.54, 1.807) is 6.92 Å². The third kappa shape index (κ3) is 3.45. The molecule has 1 heterocycles. The first kappa shape index (κ1) is 16.8. The second kappa shape index (κ2) is 6.29. The smallest absolute Gasteiger partial charge is 0.334 e. The number of nitro groups is 1. The van der Waals surface area contributed by atoms with Crippen LogP contribution in [0.15, 0.2) is 12.1 Å². The van der Waals surface area contributed by atoms with Crippen molar-refractivity contribution in [2.75, 3.05) is 13.1 Å². The average Bonchev–Trinajstić information content (AvgIpc) is 2.44. The number of ether oxygens (including phenoxy) is 1. The SMILES string of the molecule is Cc1cc(F)cc(C(=O)N2CC(C(=O)O)O[C@H](C)C2)c1[N+](=O)[O-].